The van der Waals surface area contributed by atoms with E-state index in [1.807, 2.05) is 20.8 Å². The molecule has 15 heavy (non-hydrogen) atoms. The van der Waals surface area contributed by atoms with Crippen LogP contribution in [0.25, 0.3) is 0 Å². The molecule has 0 N–H and O–H groups in total. The van der Waals surface area contributed by atoms with Crippen LogP contribution in [-0.2, 0) is 19.7 Å². The third-order valence-electron chi connectivity index (χ3n) is 1.44. The van der Waals surface area contributed by atoms with Crippen molar-refractivity contribution in [3.05, 3.63) is 0 Å². The summed E-state index contributed by atoms with van der Waals surface area (Å²) in [6.45, 7) is 6.88. The van der Waals surface area contributed by atoms with E-state index < -0.39 is 16.0 Å². The summed E-state index contributed by atoms with van der Waals surface area (Å²) in [7, 11) is -4.35. The topological polar surface area (TPSA) is 52.6 Å². The maximum Gasteiger partial charge on any atom is 0.302 e. The van der Waals surface area contributed by atoms with Gasteiger partial charge in [0.25, 0.3) is 0 Å². The lowest BCUT2D eigenvalue weighted by Crippen LogP contribution is -2.22. The number of hydrogen-bond donors (Lipinski definition) is 0. The lowest BCUT2D eigenvalue weighted by atomic mass is 10.2. The van der Waals surface area contributed by atoms with Crippen molar-refractivity contribution in [1.82, 2.24) is 0 Å². The number of halogens is 1. The summed E-state index contributed by atoms with van der Waals surface area (Å²) in [5, 5.41) is 0. The summed E-state index contributed by atoms with van der Waals surface area (Å²) in [5.41, 5.74) is -0.203. The van der Waals surface area contributed by atoms with E-state index in [2.05, 4.69) is 0 Å². The Labute approximate surface area is 91.0 Å². The Bertz CT molecular complexity index is 256. The molecule has 0 heterocycles. The van der Waals surface area contributed by atoms with Gasteiger partial charge in [0.2, 0.25) is 0 Å². The van der Waals surface area contributed by atoms with Gasteiger partial charge in [-0.1, -0.05) is 0 Å². The van der Waals surface area contributed by atoms with Gasteiger partial charge in [-0.15, -0.1) is 3.89 Å². The zero-order chi connectivity index (χ0) is 11.9. The molecule has 0 bridgehead atoms. The SMILES string of the molecule is CC(C)(C)OCCOCCCS(=O)(=O)F. The minimum Gasteiger partial charge on any atom is -0.379 e. The molecule has 0 aliphatic carbocycles. The van der Waals surface area contributed by atoms with E-state index >= 15 is 0 Å². The van der Waals surface area contributed by atoms with E-state index in [4.69, 9.17) is 9.47 Å². The maximum atomic E-state index is 12.0. The van der Waals surface area contributed by atoms with Gasteiger partial charge in [0.05, 0.1) is 24.6 Å². The van der Waals surface area contributed by atoms with Crippen molar-refractivity contribution in [1.29, 1.82) is 0 Å². The van der Waals surface area contributed by atoms with Crippen molar-refractivity contribution in [3.63, 3.8) is 0 Å². The van der Waals surface area contributed by atoms with Gasteiger partial charge in [-0.05, 0) is 27.2 Å². The standard InChI is InChI=1S/C9H19FO4S/c1-9(2,3)14-7-6-13-5-4-8-15(10,11)12/h4-8H2,1-3H3. The average Bonchev–Trinajstić information content (AvgIpc) is 1.98. The molecule has 0 atom stereocenters. The lowest BCUT2D eigenvalue weighted by Gasteiger charge is -2.19. The van der Waals surface area contributed by atoms with E-state index in [0.717, 1.165) is 0 Å². The fraction of sp³-hybridized carbons (Fsp3) is 1.00. The molecule has 0 aliphatic heterocycles. The van der Waals surface area contributed by atoms with Crippen LogP contribution in [0.4, 0.5) is 3.89 Å². The van der Waals surface area contributed by atoms with Crippen LogP contribution in [0.2, 0.25) is 0 Å². The second kappa shape index (κ2) is 6.40. The van der Waals surface area contributed by atoms with Crippen LogP contribution in [0.5, 0.6) is 0 Å². The second-order valence-corrected chi connectivity index (χ2v) is 5.66. The summed E-state index contributed by atoms with van der Waals surface area (Å²) >= 11 is 0. The molecule has 0 unspecified atom stereocenters. The van der Waals surface area contributed by atoms with Crippen LogP contribution in [-0.4, -0.2) is 39.6 Å². The molecule has 4 nitrogen and oxygen atoms in total. The van der Waals surface area contributed by atoms with Crippen LogP contribution in [0.3, 0.4) is 0 Å². The molecule has 0 saturated heterocycles. The van der Waals surface area contributed by atoms with Gasteiger partial charge in [0.1, 0.15) is 0 Å². The minimum absolute atomic E-state index is 0.175. The summed E-state index contributed by atoms with van der Waals surface area (Å²) in [6, 6.07) is 0. The highest BCUT2D eigenvalue weighted by Gasteiger charge is 2.09. The average molecular weight is 242 g/mol. The summed E-state index contributed by atoms with van der Waals surface area (Å²) in [6.07, 6.45) is 0.175. The molecule has 0 spiro atoms. The Hall–Kier alpha value is -0.200. The molecule has 92 valence electrons. The van der Waals surface area contributed by atoms with Crippen LogP contribution in [0.1, 0.15) is 27.2 Å². The quantitative estimate of drug-likeness (QED) is 0.501. The zero-order valence-corrected chi connectivity index (χ0v) is 10.3. The monoisotopic (exact) mass is 242 g/mol. The van der Waals surface area contributed by atoms with E-state index in [9.17, 15) is 12.3 Å². The zero-order valence-electron chi connectivity index (χ0n) is 9.45. The van der Waals surface area contributed by atoms with E-state index in [1.165, 1.54) is 0 Å². The molecule has 0 aromatic carbocycles. The highest BCUT2D eigenvalue weighted by atomic mass is 32.3. The fourth-order valence-electron chi connectivity index (χ4n) is 0.842. The van der Waals surface area contributed by atoms with Crippen LogP contribution >= 0.6 is 0 Å². The summed E-state index contributed by atoms with van der Waals surface area (Å²) in [5.74, 6) is -0.479. The van der Waals surface area contributed by atoms with Crippen molar-refractivity contribution in [2.45, 2.75) is 32.8 Å². The third kappa shape index (κ3) is 13.8. The Kier molecular flexibility index (Phi) is 6.31. The summed E-state index contributed by atoms with van der Waals surface area (Å²) in [4.78, 5) is 0. The predicted octanol–water partition coefficient (Wildman–Crippen LogP) is 1.51. The first-order chi connectivity index (χ1) is 6.71. The minimum atomic E-state index is -4.35. The number of hydrogen-bond acceptors (Lipinski definition) is 4. The van der Waals surface area contributed by atoms with Gasteiger partial charge in [-0.3, -0.25) is 0 Å². The first kappa shape index (κ1) is 14.8. The highest BCUT2D eigenvalue weighted by Crippen LogP contribution is 2.05. The van der Waals surface area contributed by atoms with Crippen LogP contribution in [0.15, 0.2) is 0 Å². The van der Waals surface area contributed by atoms with Crippen molar-refractivity contribution >= 4 is 10.2 Å². The predicted molar refractivity (Wildman–Crippen MR) is 56.0 cm³/mol. The normalized spacial score (nSPS) is 13.1. The van der Waals surface area contributed by atoms with Gasteiger partial charge in [-0.25, -0.2) is 0 Å². The van der Waals surface area contributed by atoms with Gasteiger partial charge in [-0.2, -0.15) is 8.42 Å². The highest BCUT2D eigenvalue weighted by molar-refractivity contribution is 7.86. The van der Waals surface area contributed by atoms with E-state index in [0.29, 0.717) is 13.2 Å². The van der Waals surface area contributed by atoms with Crippen molar-refractivity contribution in [3.8, 4) is 0 Å². The molecule has 6 heteroatoms. The molecular formula is C9H19FO4S. The first-order valence-electron chi connectivity index (χ1n) is 4.85. The first-order valence-corrected chi connectivity index (χ1v) is 6.40. The molecule has 0 rings (SSSR count). The Morgan fingerprint density at radius 3 is 2.20 bits per heavy atom. The second-order valence-electron chi connectivity index (χ2n) is 4.17. The molecule has 0 amide bonds. The molecule has 0 radical (unpaired) electrons. The van der Waals surface area contributed by atoms with Gasteiger partial charge in [0, 0.05) is 6.61 Å². The van der Waals surface area contributed by atoms with Crippen LogP contribution in [0, 0.1) is 0 Å². The van der Waals surface area contributed by atoms with E-state index in [-0.39, 0.29) is 18.6 Å². The summed E-state index contributed by atoms with van der Waals surface area (Å²) < 4.78 is 42.6. The third-order valence-corrected chi connectivity index (χ3v) is 2.22. The molecule has 0 saturated carbocycles. The van der Waals surface area contributed by atoms with Crippen molar-refractivity contribution in [2.75, 3.05) is 25.6 Å². The Morgan fingerprint density at radius 1 is 1.13 bits per heavy atom. The number of rotatable bonds is 7. The fourth-order valence-corrected chi connectivity index (χ4v) is 1.30. The molecule has 0 fully saturated rings. The Balaban J connectivity index is 3.27. The van der Waals surface area contributed by atoms with Gasteiger partial charge >= 0.3 is 10.2 Å². The molecule has 0 aliphatic rings. The molecular weight excluding hydrogens is 223 g/mol. The molecule has 0 aromatic rings. The Morgan fingerprint density at radius 2 is 1.73 bits per heavy atom. The van der Waals surface area contributed by atoms with E-state index in [1.54, 1.807) is 0 Å². The lowest BCUT2D eigenvalue weighted by molar-refractivity contribution is -0.0346. The van der Waals surface area contributed by atoms with Crippen LogP contribution < -0.4 is 0 Å². The van der Waals surface area contributed by atoms with Gasteiger partial charge < -0.3 is 9.47 Å². The largest absolute Gasteiger partial charge is 0.379 e. The van der Waals surface area contributed by atoms with Gasteiger partial charge in [0.15, 0.2) is 0 Å². The van der Waals surface area contributed by atoms with Crippen molar-refractivity contribution in [2.24, 2.45) is 0 Å². The smallest absolute Gasteiger partial charge is 0.302 e. The molecule has 0 aromatic heterocycles. The maximum absolute atomic E-state index is 12.0. The van der Waals surface area contributed by atoms with Crippen molar-refractivity contribution < 1.29 is 21.8 Å². The number of ether oxygens (including phenoxy) is 2.